The van der Waals surface area contributed by atoms with Gasteiger partial charge in [0.25, 0.3) is 0 Å². The topological polar surface area (TPSA) is 26.7 Å². The van der Waals surface area contributed by atoms with E-state index < -0.39 is 0 Å². The molecule has 0 saturated carbocycles. The Bertz CT molecular complexity index is 403. The minimum absolute atomic E-state index is 0.169. The highest BCUT2D eigenvalue weighted by Gasteiger charge is 2.22. The molecular weight excluding hydrogens is 243 g/mol. The Morgan fingerprint density at radius 2 is 1.89 bits per heavy atom. The summed E-state index contributed by atoms with van der Waals surface area (Å²) < 4.78 is 13.2. The number of hydrogen-bond donors (Lipinski definition) is 1. The van der Waals surface area contributed by atoms with Gasteiger partial charge in [0.2, 0.25) is 0 Å². The number of piperazine rings is 1. The first-order valence-corrected chi connectivity index (χ1v) is 6.96. The molecule has 1 heterocycles. The smallest absolute Gasteiger partial charge is 0.123 e. The second-order valence-corrected chi connectivity index (χ2v) is 5.42. The fraction of sp³-hybridized carbons (Fsp3) is 0.600. The van der Waals surface area contributed by atoms with Crippen LogP contribution in [0.4, 0.5) is 4.39 Å². The first-order valence-electron chi connectivity index (χ1n) is 6.96. The van der Waals surface area contributed by atoms with E-state index in [1.807, 2.05) is 13.0 Å². The van der Waals surface area contributed by atoms with Crippen LogP contribution in [-0.2, 0) is 0 Å². The highest BCUT2D eigenvalue weighted by atomic mass is 19.1. The fourth-order valence-electron chi connectivity index (χ4n) is 2.68. The summed E-state index contributed by atoms with van der Waals surface area (Å²) >= 11 is 0. The highest BCUT2D eigenvalue weighted by Crippen LogP contribution is 2.22. The first-order chi connectivity index (χ1) is 9.06. The molecule has 2 atom stereocenters. The molecule has 1 saturated heterocycles. The Hall–Kier alpha value is -0.970. The third-order valence-corrected chi connectivity index (χ3v) is 3.81. The van der Waals surface area contributed by atoms with Gasteiger partial charge in [-0.1, -0.05) is 12.1 Å². The van der Waals surface area contributed by atoms with E-state index >= 15 is 0 Å². The summed E-state index contributed by atoms with van der Waals surface area (Å²) in [5.41, 5.74) is 1.03. The van der Waals surface area contributed by atoms with E-state index in [1.54, 1.807) is 12.1 Å². The minimum atomic E-state index is -0.271. The van der Waals surface area contributed by atoms with Crippen molar-refractivity contribution in [3.63, 3.8) is 0 Å². The lowest BCUT2D eigenvalue weighted by Crippen LogP contribution is -2.48. The van der Waals surface area contributed by atoms with Gasteiger partial charge in [0.1, 0.15) is 5.82 Å². The Morgan fingerprint density at radius 3 is 2.47 bits per heavy atom. The van der Waals surface area contributed by atoms with Gasteiger partial charge in [0.15, 0.2) is 0 Å². The molecule has 1 N–H and O–H groups in total. The van der Waals surface area contributed by atoms with Crippen LogP contribution in [0.2, 0.25) is 0 Å². The average Bonchev–Trinajstić information content (AvgIpc) is 2.38. The molecule has 19 heavy (non-hydrogen) atoms. The summed E-state index contributed by atoms with van der Waals surface area (Å²) in [6, 6.07) is 7.09. The van der Waals surface area contributed by atoms with Crippen molar-refractivity contribution in [2.75, 3.05) is 32.7 Å². The quantitative estimate of drug-likeness (QED) is 0.901. The van der Waals surface area contributed by atoms with Gasteiger partial charge >= 0.3 is 0 Å². The number of rotatable bonds is 4. The standard InChI is InChI=1S/C15H23FN2O/c1-12(19)11-17-6-8-18(9-7-17)13(2)14-4-3-5-15(16)10-14/h3-5,10,12-13,19H,6-9,11H2,1-2H3/t12-,13-/m0/s1. The van der Waals surface area contributed by atoms with Crippen molar-refractivity contribution < 1.29 is 9.50 Å². The van der Waals surface area contributed by atoms with Crippen LogP contribution >= 0.6 is 0 Å². The summed E-state index contributed by atoms with van der Waals surface area (Å²) in [7, 11) is 0. The molecule has 2 rings (SSSR count). The van der Waals surface area contributed by atoms with Gasteiger partial charge in [-0.25, -0.2) is 4.39 Å². The zero-order valence-electron chi connectivity index (χ0n) is 11.7. The zero-order chi connectivity index (χ0) is 13.8. The lowest BCUT2D eigenvalue weighted by Gasteiger charge is -2.38. The largest absolute Gasteiger partial charge is 0.392 e. The normalized spacial score (nSPS) is 21.3. The van der Waals surface area contributed by atoms with Crippen LogP contribution in [0.5, 0.6) is 0 Å². The van der Waals surface area contributed by atoms with E-state index in [9.17, 15) is 9.50 Å². The van der Waals surface area contributed by atoms with Crippen LogP contribution in [0, 0.1) is 5.82 Å². The van der Waals surface area contributed by atoms with Crippen LogP contribution in [0.25, 0.3) is 0 Å². The molecular formula is C15H23FN2O. The summed E-state index contributed by atoms with van der Waals surface area (Å²) in [4.78, 5) is 4.65. The van der Waals surface area contributed by atoms with E-state index in [2.05, 4.69) is 16.7 Å². The van der Waals surface area contributed by atoms with Crippen molar-refractivity contribution in [2.45, 2.75) is 26.0 Å². The summed E-state index contributed by atoms with van der Waals surface area (Å²) in [6.07, 6.45) is -0.271. The zero-order valence-corrected chi connectivity index (χ0v) is 11.7. The maximum absolute atomic E-state index is 13.2. The van der Waals surface area contributed by atoms with Gasteiger partial charge in [0.05, 0.1) is 6.10 Å². The van der Waals surface area contributed by atoms with Crippen molar-refractivity contribution in [1.82, 2.24) is 9.80 Å². The van der Waals surface area contributed by atoms with Gasteiger partial charge in [-0.15, -0.1) is 0 Å². The van der Waals surface area contributed by atoms with Crippen molar-refractivity contribution in [2.24, 2.45) is 0 Å². The van der Waals surface area contributed by atoms with Crippen molar-refractivity contribution in [1.29, 1.82) is 0 Å². The van der Waals surface area contributed by atoms with Crippen LogP contribution in [-0.4, -0.2) is 53.7 Å². The predicted octanol–water partition coefficient (Wildman–Crippen LogP) is 1.89. The molecule has 1 aliphatic rings. The van der Waals surface area contributed by atoms with Crippen molar-refractivity contribution in [3.05, 3.63) is 35.6 Å². The van der Waals surface area contributed by atoms with E-state index in [1.165, 1.54) is 6.07 Å². The summed E-state index contributed by atoms with van der Waals surface area (Å²) in [6.45, 7) is 8.53. The van der Waals surface area contributed by atoms with E-state index in [0.717, 1.165) is 38.3 Å². The molecule has 4 heteroatoms. The molecule has 1 aliphatic heterocycles. The van der Waals surface area contributed by atoms with Crippen molar-refractivity contribution in [3.8, 4) is 0 Å². The van der Waals surface area contributed by atoms with Gasteiger partial charge in [-0.05, 0) is 31.5 Å². The van der Waals surface area contributed by atoms with E-state index in [0.29, 0.717) is 0 Å². The number of benzene rings is 1. The van der Waals surface area contributed by atoms with Crippen LogP contribution in [0.1, 0.15) is 25.5 Å². The molecule has 1 aromatic carbocycles. The van der Waals surface area contributed by atoms with Crippen LogP contribution < -0.4 is 0 Å². The highest BCUT2D eigenvalue weighted by molar-refractivity contribution is 5.19. The Morgan fingerprint density at radius 1 is 1.21 bits per heavy atom. The number of aliphatic hydroxyl groups is 1. The summed E-state index contributed by atoms with van der Waals surface area (Å²) in [5.74, 6) is -0.169. The van der Waals surface area contributed by atoms with E-state index in [-0.39, 0.29) is 18.0 Å². The first kappa shape index (κ1) is 14.4. The lowest BCUT2D eigenvalue weighted by molar-refractivity contribution is 0.0654. The van der Waals surface area contributed by atoms with Gasteiger partial charge in [-0.3, -0.25) is 9.80 Å². The molecule has 0 radical (unpaired) electrons. The third-order valence-electron chi connectivity index (χ3n) is 3.81. The molecule has 0 aromatic heterocycles. The molecule has 0 amide bonds. The Kier molecular flexibility index (Phi) is 4.91. The second-order valence-electron chi connectivity index (χ2n) is 5.42. The number of halogens is 1. The van der Waals surface area contributed by atoms with Crippen LogP contribution in [0.15, 0.2) is 24.3 Å². The molecule has 1 aromatic rings. The minimum Gasteiger partial charge on any atom is -0.392 e. The maximum atomic E-state index is 13.2. The Balaban J connectivity index is 1.90. The molecule has 0 bridgehead atoms. The average molecular weight is 266 g/mol. The SMILES string of the molecule is C[C@H](O)CN1CCN([C@@H](C)c2cccc(F)c2)CC1. The van der Waals surface area contributed by atoms with Gasteiger partial charge in [-0.2, -0.15) is 0 Å². The van der Waals surface area contributed by atoms with E-state index in [4.69, 9.17) is 0 Å². The molecule has 1 fully saturated rings. The van der Waals surface area contributed by atoms with Crippen LogP contribution in [0.3, 0.4) is 0 Å². The van der Waals surface area contributed by atoms with Gasteiger partial charge in [0, 0.05) is 38.8 Å². The molecule has 0 aliphatic carbocycles. The van der Waals surface area contributed by atoms with Gasteiger partial charge < -0.3 is 5.11 Å². The number of aliphatic hydroxyl groups excluding tert-OH is 1. The molecule has 0 spiro atoms. The van der Waals surface area contributed by atoms with Crippen molar-refractivity contribution >= 4 is 0 Å². The predicted molar refractivity (Wildman–Crippen MR) is 74.5 cm³/mol. The third kappa shape index (κ3) is 4.00. The lowest BCUT2D eigenvalue weighted by atomic mass is 10.1. The number of β-amino-alcohol motifs (C(OH)–C–C–N with tert-alkyl or cyclic N) is 1. The monoisotopic (exact) mass is 266 g/mol. The molecule has 3 nitrogen and oxygen atoms in total. The second kappa shape index (κ2) is 6.46. The Labute approximate surface area is 114 Å². The maximum Gasteiger partial charge on any atom is 0.123 e. The molecule has 0 unspecified atom stereocenters. The molecule has 106 valence electrons. The summed E-state index contributed by atoms with van der Waals surface area (Å²) in [5, 5.41) is 9.39. The fourth-order valence-corrected chi connectivity index (χ4v) is 2.68. The number of nitrogens with zero attached hydrogens (tertiary/aromatic N) is 2. The number of hydrogen-bond acceptors (Lipinski definition) is 3.